The van der Waals surface area contributed by atoms with Gasteiger partial charge in [0.25, 0.3) is 6.43 Å². The molecule has 0 aliphatic carbocycles. The van der Waals surface area contributed by atoms with E-state index in [4.69, 9.17) is 5.11 Å². The number of carboxylic acids is 1. The third kappa shape index (κ3) is 2.63. The van der Waals surface area contributed by atoms with E-state index in [9.17, 15) is 13.6 Å². The zero-order valence-corrected chi connectivity index (χ0v) is 9.84. The molecule has 3 nitrogen and oxygen atoms in total. The zero-order chi connectivity index (χ0) is 12.4. The lowest BCUT2D eigenvalue weighted by molar-refractivity contribution is -0.143. The van der Waals surface area contributed by atoms with E-state index in [0.29, 0.717) is 24.9 Å². The van der Waals surface area contributed by atoms with E-state index in [1.807, 2.05) is 0 Å². The third-order valence-electron chi connectivity index (χ3n) is 3.09. The molecule has 1 aromatic rings. The van der Waals surface area contributed by atoms with E-state index in [1.54, 1.807) is 5.38 Å². The molecule has 1 aliphatic heterocycles. The number of alkyl halides is 2. The van der Waals surface area contributed by atoms with Crippen LogP contribution in [0, 0.1) is 5.92 Å². The number of hydrogen-bond donors (Lipinski definition) is 2. The highest BCUT2D eigenvalue weighted by Gasteiger charge is 2.30. The molecule has 2 atom stereocenters. The standard InChI is InChI=1S/C11H13F2NO2S/c12-10(13)8-5-17-4-7(8)9-3-6(11(15)16)1-2-14-9/h4-6,9-10,14H,1-3H2,(H,15,16). The van der Waals surface area contributed by atoms with Gasteiger partial charge in [0, 0.05) is 11.6 Å². The average molecular weight is 261 g/mol. The van der Waals surface area contributed by atoms with Crippen LogP contribution in [0.5, 0.6) is 0 Å². The van der Waals surface area contributed by atoms with Crippen LogP contribution in [0.15, 0.2) is 10.8 Å². The van der Waals surface area contributed by atoms with Crippen LogP contribution < -0.4 is 5.32 Å². The smallest absolute Gasteiger partial charge is 0.306 e. The maximum Gasteiger partial charge on any atom is 0.306 e. The van der Waals surface area contributed by atoms with E-state index in [-0.39, 0.29) is 11.6 Å². The molecule has 6 heteroatoms. The van der Waals surface area contributed by atoms with Crippen LogP contribution >= 0.6 is 11.3 Å². The second kappa shape index (κ2) is 5.10. The molecule has 0 spiro atoms. The van der Waals surface area contributed by atoms with Gasteiger partial charge < -0.3 is 10.4 Å². The van der Waals surface area contributed by atoms with Crippen LogP contribution in [-0.2, 0) is 4.79 Å². The predicted octanol–water partition coefficient (Wildman–Crippen LogP) is 2.81. The largest absolute Gasteiger partial charge is 0.481 e. The van der Waals surface area contributed by atoms with E-state index in [0.717, 1.165) is 0 Å². The first-order valence-electron chi connectivity index (χ1n) is 5.40. The zero-order valence-electron chi connectivity index (χ0n) is 9.03. The van der Waals surface area contributed by atoms with Crippen molar-refractivity contribution in [2.45, 2.75) is 25.3 Å². The van der Waals surface area contributed by atoms with Crippen molar-refractivity contribution >= 4 is 17.3 Å². The van der Waals surface area contributed by atoms with Gasteiger partial charge in [0.05, 0.1) is 5.92 Å². The Kier molecular flexibility index (Phi) is 3.73. The molecule has 17 heavy (non-hydrogen) atoms. The molecule has 2 N–H and O–H groups in total. The Morgan fingerprint density at radius 3 is 2.94 bits per heavy atom. The summed E-state index contributed by atoms with van der Waals surface area (Å²) >= 11 is 1.23. The van der Waals surface area contributed by atoms with Gasteiger partial charge in [-0.1, -0.05) is 0 Å². The summed E-state index contributed by atoms with van der Waals surface area (Å²) in [5.41, 5.74) is 0.578. The van der Waals surface area contributed by atoms with Gasteiger partial charge in [0.2, 0.25) is 0 Å². The van der Waals surface area contributed by atoms with Crippen molar-refractivity contribution in [3.63, 3.8) is 0 Å². The summed E-state index contributed by atoms with van der Waals surface area (Å²) in [5.74, 6) is -1.28. The summed E-state index contributed by atoms with van der Waals surface area (Å²) in [7, 11) is 0. The minimum atomic E-state index is -2.50. The van der Waals surface area contributed by atoms with Crippen molar-refractivity contribution in [1.82, 2.24) is 5.32 Å². The Hall–Kier alpha value is -1.01. The lowest BCUT2D eigenvalue weighted by atomic mass is 9.88. The van der Waals surface area contributed by atoms with Crippen LogP contribution in [0.1, 0.15) is 36.4 Å². The highest BCUT2D eigenvalue weighted by atomic mass is 32.1. The van der Waals surface area contributed by atoms with Crippen LogP contribution in [-0.4, -0.2) is 17.6 Å². The van der Waals surface area contributed by atoms with Crippen molar-refractivity contribution in [1.29, 1.82) is 0 Å². The number of hydrogen-bond acceptors (Lipinski definition) is 3. The first-order valence-corrected chi connectivity index (χ1v) is 6.34. The van der Waals surface area contributed by atoms with Crippen molar-refractivity contribution in [3.05, 3.63) is 21.9 Å². The number of nitrogens with one attached hydrogen (secondary N) is 1. The Morgan fingerprint density at radius 2 is 2.29 bits per heavy atom. The van der Waals surface area contributed by atoms with Gasteiger partial charge in [0.15, 0.2) is 0 Å². The maximum atomic E-state index is 12.7. The van der Waals surface area contributed by atoms with Crippen LogP contribution in [0.3, 0.4) is 0 Å². The van der Waals surface area contributed by atoms with Gasteiger partial charge in [-0.3, -0.25) is 4.79 Å². The summed E-state index contributed by atoms with van der Waals surface area (Å²) < 4.78 is 25.5. The molecule has 0 bridgehead atoms. The summed E-state index contributed by atoms with van der Waals surface area (Å²) in [4.78, 5) is 10.9. The third-order valence-corrected chi connectivity index (χ3v) is 3.87. The second-order valence-electron chi connectivity index (χ2n) is 4.15. The van der Waals surface area contributed by atoms with Gasteiger partial charge in [-0.2, -0.15) is 11.3 Å². The van der Waals surface area contributed by atoms with Crippen molar-refractivity contribution in [3.8, 4) is 0 Å². The lowest BCUT2D eigenvalue weighted by Crippen LogP contribution is -2.35. The average Bonchev–Trinajstić information content (AvgIpc) is 2.78. The molecule has 1 aromatic heterocycles. The fourth-order valence-electron chi connectivity index (χ4n) is 2.16. The van der Waals surface area contributed by atoms with E-state index >= 15 is 0 Å². The SMILES string of the molecule is O=C(O)C1CCNC(c2cscc2C(F)F)C1. The van der Waals surface area contributed by atoms with E-state index in [1.165, 1.54) is 16.7 Å². The second-order valence-corrected chi connectivity index (χ2v) is 4.89. The van der Waals surface area contributed by atoms with Gasteiger partial charge >= 0.3 is 5.97 Å². The van der Waals surface area contributed by atoms with Crippen LogP contribution in [0.25, 0.3) is 0 Å². The number of rotatable bonds is 3. The Morgan fingerprint density at radius 1 is 1.53 bits per heavy atom. The maximum absolute atomic E-state index is 12.7. The minimum Gasteiger partial charge on any atom is -0.481 e. The monoisotopic (exact) mass is 261 g/mol. The Labute approximate surface area is 101 Å². The molecule has 1 aliphatic rings. The quantitative estimate of drug-likeness (QED) is 0.879. The number of carboxylic acid groups (broad SMARTS) is 1. The number of halogens is 2. The topological polar surface area (TPSA) is 49.3 Å². The number of carbonyl (C=O) groups is 1. The van der Waals surface area contributed by atoms with E-state index in [2.05, 4.69) is 5.32 Å². The highest BCUT2D eigenvalue weighted by Crippen LogP contribution is 2.35. The predicted molar refractivity (Wildman–Crippen MR) is 60.4 cm³/mol. The van der Waals surface area contributed by atoms with Gasteiger partial charge in [0.1, 0.15) is 0 Å². The Bertz CT molecular complexity index is 408. The van der Waals surface area contributed by atoms with E-state index < -0.39 is 18.3 Å². The van der Waals surface area contributed by atoms with Gasteiger partial charge in [-0.25, -0.2) is 8.78 Å². The van der Waals surface area contributed by atoms with Gasteiger partial charge in [-0.15, -0.1) is 0 Å². The first-order chi connectivity index (χ1) is 8.09. The summed E-state index contributed by atoms with van der Waals surface area (Å²) in [6.07, 6.45) is -1.56. The number of thiophene rings is 1. The molecular formula is C11H13F2NO2S. The molecular weight excluding hydrogens is 248 g/mol. The molecule has 0 amide bonds. The molecule has 2 heterocycles. The summed E-state index contributed by atoms with van der Waals surface area (Å²) in [6.45, 7) is 0.556. The molecule has 2 unspecified atom stereocenters. The van der Waals surface area contributed by atoms with Crippen molar-refractivity contribution in [2.24, 2.45) is 5.92 Å². The summed E-state index contributed by atoms with van der Waals surface area (Å²) in [5, 5.41) is 15.2. The van der Waals surface area contributed by atoms with Crippen LogP contribution in [0.4, 0.5) is 8.78 Å². The van der Waals surface area contributed by atoms with Crippen molar-refractivity contribution < 1.29 is 18.7 Å². The summed E-state index contributed by atoms with van der Waals surface area (Å²) in [6, 6.07) is -0.264. The lowest BCUT2D eigenvalue weighted by Gasteiger charge is -2.28. The fourth-order valence-corrected chi connectivity index (χ4v) is 3.06. The fraction of sp³-hybridized carbons (Fsp3) is 0.545. The molecule has 1 fully saturated rings. The van der Waals surface area contributed by atoms with Crippen molar-refractivity contribution in [2.75, 3.05) is 6.54 Å². The molecule has 1 saturated heterocycles. The Balaban J connectivity index is 2.16. The van der Waals surface area contributed by atoms with Crippen LogP contribution in [0.2, 0.25) is 0 Å². The molecule has 2 rings (SSSR count). The normalized spacial score (nSPS) is 25.1. The molecule has 0 radical (unpaired) electrons. The molecule has 94 valence electrons. The minimum absolute atomic E-state index is 0.0264. The molecule has 0 saturated carbocycles. The number of aliphatic carboxylic acids is 1. The van der Waals surface area contributed by atoms with Gasteiger partial charge in [-0.05, 0) is 35.7 Å². The number of piperidine rings is 1. The highest BCUT2D eigenvalue weighted by molar-refractivity contribution is 7.08. The first kappa shape index (κ1) is 12.4. The molecule has 0 aromatic carbocycles.